The molecule has 3 fully saturated rings. The van der Waals surface area contributed by atoms with E-state index < -0.39 is 11.7 Å². The maximum atomic E-state index is 13.7. The maximum absolute atomic E-state index is 13.7. The minimum atomic E-state index is -0.986. The summed E-state index contributed by atoms with van der Waals surface area (Å²) in [6, 6.07) is 24.6. The van der Waals surface area contributed by atoms with Crippen molar-refractivity contribution < 1.29 is 28.8 Å². The van der Waals surface area contributed by atoms with Crippen LogP contribution in [0.15, 0.2) is 93.0 Å². The number of benzene rings is 3. The number of rotatable bonds is 8. The zero-order chi connectivity index (χ0) is 42.6. The van der Waals surface area contributed by atoms with Crippen molar-refractivity contribution in [3.63, 3.8) is 0 Å². The number of nitrogens with zero attached hydrogens (tertiary/aromatic N) is 6. The molecule has 3 aliphatic heterocycles. The van der Waals surface area contributed by atoms with Crippen LogP contribution >= 0.6 is 0 Å². The van der Waals surface area contributed by atoms with Crippen LogP contribution in [0.25, 0.3) is 16.6 Å². The van der Waals surface area contributed by atoms with Gasteiger partial charge in [0.25, 0.3) is 5.56 Å². The Balaban J connectivity index is 0.000000160. The number of carboxylic acid groups (broad SMARTS) is 1. The van der Waals surface area contributed by atoms with Crippen LogP contribution in [-0.4, -0.2) is 85.9 Å². The molecule has 2 atom stereocenters. The second-order valence-electron chi connectivity index (χ2n) is 16.0. The number of carbonyl (C=O) groups is 3. The minimum Gasteiger partial charge on any atom is -0.481 e. The van der Waals surface area contributed by atoms with Crippen molar-refractivity contribution >= 4 is 40.9 Å². The lowest BCUT2D eigenvalue weighted by Gasteiger charge is -2.28. The number of aliphatic carboxylic acids is 1. The lowest BCUT2D eigenvalue weighted by molar-refractivity contribution is -0.136. The molecule has 4 aliphatic rings. The molecule has 1 aliphatic carbocycles. The number of amides is 3. The lowest BCUT2D eigenvalue weighted by atomic mass is 9.91. The summed E-state index contributed by atoms with van der Waals surface area (Å²) in [4.78, 5) is 75.5. The molecular formula is C45H48N8O8. The molecule has 3 N–H and O–H groups in total. The van der Waals surface area contributed by atoms with Crippen LogP contribution in [0.1, 0.15) is 71.9 Å². The molecule has 2 unspecified atom stereocenters. The van der Waals surface area contributed by atoms with Crippen molar-refractivity contribution in [3.8, 4) is 5.69 Å². The number of H-pyrrole nitrogens is 2. The Morgan fingerprint density at radius 2 is 1.67 bits per heavy atom. The highest BCUT2D eigenvalue weighted by atomic mass is 16.5. The predicted octanol–water partition coefficient (Wildman–Crippen LogP) is 5.68. The van der Waals surface area contributed by atoms with E-state index in [4.69, 9.17) is 9.72 Å². The quantitative estimate of drug-likeness (QED) is 0.161. The first kappa shape index (κ1) is 40.9. The van der Waals surface area contributed by atoms with Crippen molar-refractivity contribution in [2.75, 3.05) is 42.6 Å². The number of hydrogen-bond donors (Lipinski definition) is 3. The topological polar surface area (TPSA) is 200 Å². The third kappa shape index (κ3) is 9.18. The number of aromatic nitrogens is 5. The molecule has 0 bridgehead atoms. The Kier molecular flexibility index (Phi) is 12.0. The number of hydrogen-bond acceptors (Lipinski definition) is 9. The number of aromatic amines is 2. The number of para-hydroxylation sites is 1. The SMILES string of the molecule is CC1CC1c1noc(=O)[nH]1.Cc1cc2cc(C3CCOCC3)ccc2[nH]1.O=CN1CCc2c(nc(N3CCN(c4ccccc4)C3=O)n(-c3cccc(CC(=O)O)c3)c2=O)C1. The highest BCUT2D eigenvalue weighted by Gasteiger charge is 2.37. The third-order valence-corrected chi connectivity index (χ3v) is 11.6. The van der Waals surface area contributed by atoms with E-state index in [0.717, 1.165) is 44.6 Å². The smallest absolute Gasteiger partial charge is 0.438 e. The highest BCUT2D eigenvalue weighted by Crippen LogP contribution is 2.44. The molecular weight excluding hydrogens is 781 g/mol. The average Bonchev–Trinajstić information content (AvgIpc) is 3.52. The number of fused-ring (bicyclic) bond motifs is 2. The Hall–Kier alpha value is -6.81. The van der Waals surface area contributed by atoms with Gasteiger partial charge in [0.1, 0.15) is 0 Å². The van der Waals surface area contributed by atoms with Crippen LogP contribution in [0, 0.1) is 12.8 Å². The first-order valence-corrected chi connectivity index (χ1v) is 20.6. The molecule has 6 aromatic rings. The van der Waals surface area contributed by atoms with E-state index in [2.05, 4.69) is 57.8 Å². The Morgan fingerprint density at radius 1 is 0.918 bits per heavy atom. The van der Waals surface area contributed by atoms with Crippen LogP contribution < -0.4 is 21.1 Å². The van der Waals surface area contributed by atoms with Gasteiger partial charge in [-0.1, -0.05) is 48.5 Å². The Labute approximate surface area is 350 Å². The summed E-state index contributed by atoms with van der Waals surface area (Å²) in [6.07, 6.45) is 4.31. The van der Waals surface area contributed by atoms with E-state index >= 15 is 0 Å². The monoisotopic (exact) mass is 828 g/mol. The maximum Gasteiger partial charge on any atom is 0.438 e. The van der Waals surface area contributed by atoms with Gasteiger partial charge in [-0.3, -0.25) is 33.7 Å². The van der Waals surface area contributed by atoms with Crippen LogP contribution in [0.3, 0.4) is 0 Å². The Morgan fingerprint density at radius 3 is 2.38 bits per heavy atom. The second-order valence-corrected chi connectivity index (χ2v) is 16.0. The van der Waals surface area contributed by atoms with Crippen molar-refractivity contribution in [2.45, 2.75) is 64.3 Å². The van der Waals surface area contributed by atoms with Gasteiger partial charge in [0, 0.05) is 61.2 Å². The molecule has 3 aromatic carbocycles. The van der Waals surface area contributed by atoms with E-state index in [1.54, 1.807) is 34.1 Å². The molecule has 0 spiro atoms. The molecule has 6 heterocycles. The third-order valence-electron chi connectivity index (χ3n) is 11.6. The first-order chi connectivity index (χ1) is 29.6. The van der Waals surface area contributed by atoms with Crippen LogP contribution in [0.2, 0.25) is 0 Å². The minimum absolute atomic E-state index is 0.150. The van der Waals surface area contributed by atoms with Gasteiger partial charge in [-0.05, 0) is 103 Å². The fourth-order valence-electron chi connectivity index (χ4n) is 8.24. The molecule has 2 saturated heterocycles. The lowest BCUT2D eigenvalue weighted by Crippen LogP contribution is -2.41. The van der Waals surface area contributed by atoms with Crippen LogP contribution in [0.5, 0.6) is 0 Å². The fraction of sp³-hybridized carbons (Fsp3) is 0.356. The van der Waals surface area contributed by atoms with Gasteiger partial charge in [-0.2, -0.15) is 0 Å². The molecule has 16 nitrogen and oxygen atoms in total. The van der Waals surface area contributed by atoms with Crippen molar-refractivity contribution in [3.05, 3.63) is 134 Å². The van der Waals surface area contributed by atoms with Crippen molar-refractivity contribution in [1.29, 1.82) is 0 Å². The number of carbonyl (C=O) groups excluding carboxylic acids is 2. The largest absolute Gasteiger partial charge is 0.481 e. The molecule has 1 saturated carbocycles. The van der Waals surface area contributed by atoms with Crippen molar-refractivity contribution in [2.24, 2.45) is 5.92 Å². The summed E-state index contributed by atoms with van der Waals surface area (Å²) in [5, 5.41) is 14.1. The summed E-state index contributed by atoms with van der Waals surface area (Å²) in [7, 11) is 0. The fourth-order valence-corrected chi connectivity index (χ4v) is 8.24. The van der Waals surface area contributed by atoms with Gasteiger partial charge in [0.15, 0.2) is 5.82 Å². The van der Waals surface area contributed by atoms with E-state index in [1.807, 2.05) is 30.3 Å². The van der Waals surface area contributed by atoms with E-state index in [0.29, 0.717) is 72.1 Å². The first-order valence-electron chi connectivity index (χ1n) is 20.6. The number of urea groups is 1. The number of anilines is 2. The summed E-state index contributed by atoms with van der Waals surface area (Å²) < 4.78 is 11.1. The van der Waals surface area contributed by atoms with Gasteiger partial charge in [-0.15, -0.1) is 0 Å². The van der Waals surface area contributed by atoms with Crippen LogP contribution in [0.4, 0.5) is 16.4 Å². The highest BCUT2D eigenvalue weighted by molar-refractivity contribution is 6.05. The summed E-state index contributed by atoms with van der Waals surface area (Å²) in [6.45, 7) is 7.36. The molecule has 0 radical (unpaired) electrons. The normalized spacial score (nSPS) is 18.5. The molecule has 3 amide bonds. The molecule has 16 heteroatoms. The summed E-state index contributed by atoms with van der Waals surface area (Å²) in [5.74, 6) is 1.20. The van der Waals surface area contributed by atoms with Crippen LogP contribution in [-0.2, 0) is 33.7 Å². The molecule has 3 aromatic heterocycles. The van der Waals surface area contributed by atoms with E-state index in [1.165, 1.54) is 31.6 Å². The zero-order valence-electron chi connectivity index (χ0n) is 34.1. The number of nitrogens with one attached hydrogen (secondary N) is 2. The van der Waals surface area contributed by atoms with Gasteiger partial charge >= 0.3 is 17.8 Å². The second kappa shape index (κ2) is 17.8. The van der Waals surface area contributed by atoms with Gasteiger partial charge in [0.2, 0.25) is 12.4 Å². The van der Waals surface area contributed by atoms with Gasteiger partial charge < -0.3 is 19.7 Å². The van der Waals surface area contributed by atoms with E-state index in [9.17, 15) is 29.1 Å². The zero-order valence-corrected chi connectivity index (χ0v) is 34.1. The van der Waals surface area contributed by atoms with Crippen molar-refractivity contribution in [1.82, 2.24) is 29.6 Å². The standard InChI is InChI=1S/C25H23N5O5.C14H17NO.C6H8N2O2/c31-16-27-10-9-20-21(15-27)26-24(29-12-11-28(25(29)35)18-6-2-1-3-7-18)30(23(20)34)19-8-4-5-17(13-19)14-22(32)33;1-10-8-13-9-12(2-3-14(13)15-10)11-4-6-16-7-5-11;1-3-2-4(3)5-7-6(9)10-8-5/h1-8,13,16H,9-12,14-15H2,(H,32,33);2-3,8-9,11,15H,4-7H2,1H3;3-4H,2H2,1H3,(H,7,8,9). The summed E-state index contributed by atoms with van der Waals surface area (Å²) >= 11 is 0. The number of carboxylic acids is 1. The average molecular weight is 829 g/mol. The molecule has 61 heavy (non-hydrogen) atoms. The Bertz CT molecular complexity index is 2660. The van der Waals surface area contributed by atoms with Gasteiger partial charge in [0.05, 0.1) is 24.3 Å². The van der Waals surface area contributed by atoms with Gasteiger partial charge in [-0.25, -0.2) is 19.1 Å². The number of ether oxygens (including phenoxy) is 1. The number of aryl methyl sites for hydroxylation is 1. The summed E-state index contributed by atoms with van der Waals surface area (Å²) in [5.41, 5.74) is 6.27. The molecule has 10 rings (SSSR count). The predicted molar refractivity (Wildman–Crippen MR) is 227 cm³/mol. The molecule has 316 valence electrons. The van der Waals surface area contributed by atoms with E-state index in [-0.39, 0.29) is 30.5 Å².